The van der Waals surface area contributed by atoms with Crippen LogP contribution in [0.2, 0.25) is 0 Å². The smallest absolute Gasteiger partial charge is 0.246 e. The highest BCUT2D eigenvalue weighted by atomic mass is 19.1. The Morgan fingerprint density at radius 1 is 1.14 bits per heavy atom. The van der Waals surface area contributed by atoms with Gasteiger partial charge < -0.3 is 14.5 Å². The van der Waals surface area contributed by atoms with Crippen LogP contribution in [0.25, 0.3) is 6.08 Å². The van der Waals surface area contributed by atoms with Gasteiger partial charge in [-0.15, -0.1) is 0 Å². The molecule has 2 aromatic rings. The fourth-order valence-electron chi connectivity index (χ4n) is 3.32. The Kier molecular flexibility index (Phi) is 6.99. The normalized spacial score (nSPS) is 16.3. The molecule has 0 bridgehead atoms. The molecule has 1 heterocycles. The van der Waals surface area contributed by atoms with Gasteiger partial charge in [0.1, 0.15) is 11.6 Å². The number of carbonyl (C=O) groups is 1. The zero-order valence-corrected chi connectivity index (χ0v) is 16.8. The molecule has 0 saturated carbocycles. The first-order chi connectivity index (χ1) is 13.9. The second-order valence-corrected chi connectivity index (χ2v) is 7.38. The van der Waals surface area contributed by atoms with Crippen LogP contribution < -0.4 is 4.90 Å². The second kappa shape index (κ2) is 9.65. The number of carbonyl (C=O) groups excluding carboxylic acids is 1. The number of hydrogen-bond donors (Lipinski definition) is 0. The van der Waals surface area contributed by atoms with Gasteiger partial charge in [-0.1, -0.05) is 18.2 Å². The minimum Gasteiger partial charge on any atom is -0.378 e. The minimum absolute atomic E-state index is 0.0152. The van der Waals surface area contributed by atoms with Gasteiger partial charge in [0.05, 0.1) is 6.10 Å². The quantitative estimate of drug-likeness (QED) is 0.652. The van der Waals surface area contributed by atoms with E-state index in [4.69, 9.17) is 4.74 Å². The molecule has 1 amide bonds. The molecule has 4 nitrogen and oxygen atoms in total. The summed E-state index contributed by atoms with van der Waals surface area (Å²) in [7, 11) is 3.93. The van der Waals surface area contributed by atoms with Gasteiger partial charge in [-0.2, -0.15) is 0 Å². The van der Waals surface area contributed by atoms with Crippen LogP contribution in [-0.2, 0) is 16.1 Å². The van der Waals surface area contributed by atoms with Crippen molar-refractivity contribution in [1.29, 1.82) is 0 Å². The topological polar surface area (TPSA) is 32.8 Å². The first-order valence-corrected chi connectivity index (χ1v) is 9.73. The van der Waals surface area contributed by atoms with Crippen molar-refractivity contribution in [2.45, 2.75) is 25.5 Å². The monoisotopic (exact) mass is 400 g/mol. The Morgan fingerprint density at radius 2 is 1.83 bits per heavy atom. The molecule has 2 aromatic carbocycles. The molecular weight excluding hydrogens is 374 g/mol. The van der Waals surface area contributed by atoms with E-state index in [-0.39, 0.29) is 17.6 Å². The number of rotatable bonds is 7. The van der Waals surface area contributed by atoms with Gasteiger partial charge in [0.15, 0.2) is 0 Å². The molecule has 0 aromatic heterocycles. The molecule has 1 aliphatic rings. The number of hydrogen-bond acceptors (Lipinski definition) is 3. The Hall–Kier alpha value is -2.73. The van der Waals surface area contributed by atoms with Crippen LogP contribution in [0.4, 0.5) is 14.5 Å². The van der Waals surface area contributed by atoms with Crippen molar-refractivity contribution in [2.24, 2.45) is 0 Å². The molecule has 1 aliphatic heterocycles. The summed E-state index contributed by atoms with van der Waals surface area (Å²) >= 11 is 0. The van der Waals surface area contributed by atoms with Crippen LogP contribution in [0.5, 0.6) is 0 Å². The molecular formula is C23H26F2N2O2. The molecule has 1 atom stereocenters. The summed E-state index contributed by atoms with van der Waals surface area (Å²) in [5.41, 5.74) is 1.83. The molecule has 1 unspecified atom stereocenters. The first kappa shape index (κ1) is 21.0. The molecule has 0 radical (unpaired) electrons. The first-order valence-electron chi connectivity index (χ1n) is 9.73. The molecule has 1 saturated heterocycles. The lowest BCUT2D eigenvalue weighted by Gasteiger charge is -2.25. The molecule has 0 aliphatic carbocycles. The summed E-state index contributed by atoms with van der Waals surface area (Å²) in [6, 6.07) is 11.6. The summed E-state index contributed by atoms with van der Waals surface area (Å²) in [5, 5.41) is 0. The van der Waals surface area contributed by atoms with Gasteiger partial charge in [-0.05, 0) is 48.7 Å². The Bertz CT molecular complexity index is 839. The predicted octanol–water partition coefficient (Wildman–Crippen LogP) is 4.25. The highest BCUT2D eigenvalue weighted by Gasteiger charge is 2.22. The van der Waals surface area contributed by atoms with Crippen LogP contribution in [-0.4, -0.2) is 44.2 Å². The van der Waals surface area contributed by atoms with E-state index in [2.05, 4.69) is 0 Å². The molecule has 154 valence electrons. The van der Waals surface area contributed by atoms with Gasteiger partial charge in [-0.3, -0.25) is 4.79 Å². The third-order valence-electron chi connectivity index (χ3n) is 4.98. The predicted molar refractivity (Wildman–Crippen MR) is 111 cm³/mol. The Labute approximate surface area is 170 Å². The number of halogens is 2. The highest BCUT2D eigenvalue weighted by Crippen LogP contribution is 2.19. The summed E-state index contributed by atoms with van der Waals surface area (Å²) in [5.74, 6) is -1.70. The van der Waals surface area contributed by atoms with Crippen molar-refractivity contribution >= 4 is 17.7 Å². The van der Waals surface area contributed by atoms with Crippen molar-refractivity contribution in [3.05, 3.63) is 71.3 Å². The van der Waals surface area contributed by atoms with Crippen LogP contribution in [0.15, 0.2) is 48.5 Å². The zero-order valence-electron chi connectivity index (χ0n) is 16.8. The second-order valence-electron chi connectivity index (χ2n) is 7.38. The maximum Gasteiger partial charge on any atom is 0.246 e. The van der Waals surface area contributed by atoms with E-state index >= 15 is 0 Å². The van der Waals surface area contributed by atoms with E-state index in [0.29, 0.717) is 19.7 Å². The summed E-state index contributed by atoms with van der Waals surface area (Å²) in [6.45, 7) is 1.54. The molecule has 0 N–H and O–H groups in total. The van der Waals surface area contributed by atoms with E-state index in [1.807, 2.05) is 43.3 Å². The van der Waals surface area contributed by atoms with E-state index in [0.717, 1.165) is 24.1 Å². The van der Waals surface area contributed by atoms with Crippen molar-refractivity contribution in [3.63, 3.8) is 0 Å². The van der Waals surface area contributed by atoms with Crippen LogP contribution in [0, 0.1) is 11.6 Å². The van der Waals surface area contributed by atoms with Gasteiger partial charge in [0, 0.05) is 51.1 Å². The Morgan fingerprint density at radius 3 is 2.41 bits per heavy atom. The maximum atomic E-state index is 13.8. The van der Waals surface area contributed by atoms with Crippen molar-refractivity contribution < 1.29 is 18.3 Å². The van der Waals surface area contributed by atoms with E-state index < -0.39 is 11.6 Å². The molecule has 1 fully saturated rings. The number of nitrogens with zero attached hydrogens (tertiary/aromatic N) is 2. The molecule has 3 rings (SSSR count). The van der Waals surface area contributed by atoms with Gasteiger partial charge in [0.2, 0.25) is 5.91 Å². The molecule has 0 spiro atoms. The summed E-state index contributed by atoms with van der Waals surface area (Å²) < 4.78 is 33.4. The lowest BCUT2D eigenvalue weighted by Crippen LogP contribution is -2.35. The van der Waals surface area contributed by atoms with Crippen LogP contribution in [0.1, 0.15) is 24.0 Å². The SMILES string of the molecule is CN(C)c1ccc(CN(CC2CCCO2)C(=O)/C=C/c2c(F)cccc2F)cc1. The maximum absolute atomic E-state index is 13.8. The number of benzene rings is 2. The standard InChI is InChI=1S/C23H26F2N2O2/c1-26(2)18-10-8-17(9-11-18)15-27(16-19-5-4-14-29-19)23(28)13-12-20-21(24)6-3-7-22(20)25/h3,6-13,19H,4-5,14-16H2,1-2H3/b13-12+. The number of amides is 1. The van der Waals surface area contributed by atoms with Gasteiger partial charge >= 0.3 is 0 Å². The number of anilines is 1. The lowest BCUT2D eigenvalue weighted by molar-refractivity contribution is -0.128. The average molecular weight is 400 g/mol. The van der Waals surface area contributed by atoms with Crippen molar-refractivity contribution in [2.75, 3.05) is 32.1 Å². The zero-order chi connectivity index (χ0) is 20.8. The molecule has 29 heavy (non-hydrogen) atoms. The van der Waals surface area contributed by atoms with Gasteiger partial charge in [0.25, 0.3) is 0 Å². The van der Waals surface area contributed by atoms with E-state index in [1.54, 1.807) is 4.90 Å². The van der Waals surface area contributed by atoms with Crippen molar-refractivity contribution in [3.8, 4) is 0 Å². The summed E-state index contributed by atoms with van der Waals surface area (Å²) in [4.78, 5) is 16.5. The average Bonchev–Trinajstić information content (AvgIpc) is 3.20. The van der Waals surface area contributed by atoms with E-state index in [1.165, 1.54) is 30.4 Å². The fraction of sp³-hybridized carbons (Fsp3) is 0.348. The van der Waals surface area contributed by atoms with Crippen molar-refractivity contribution in [1.82, 2.24) is 4.90 Å². The lowest BCUT2D eigenvalue weighted by atomic mass is 10.1. The third-order valence-corrected chi connectivity index (χ3v) is 4.98. The number of ether oxygens (including phenoxy) is 1. The Balaban J connectivity index is 1.76. The van der Waals surface area contributed by atoms with E-state index in [9.17, 15) is 13.6 Å². The van der Waals surface area contributed by atoms with Crippen LogP contribution in [0.3, 0.4) is 0 Å². The van der Waals surface area contributed by atoms with Crippen LogP contribution >= 0.6 is 0 Å². The minimum atomic E-state index is -0.695. The molecule has 6 heteroatoms. The highest BCUT2D eigenvalue weighted by molar-refractivity contribution is 5.91. The third kappa shape index (κ3) is 5.64. The summed E-state index contributed by atoms with van der Waals surface area (Å²) in [6.07, 6.45) is 4.28. The van der Waals surface area contributed by atoms with Gasteiger partial charge in [-0.25, -0.2) is 8.78 Å². The fourth-order valence-corrected chi connectivity index (χ4v) is 3.32. The largest absolute Gasteiger partial charge is 0.378 e.